The predicted molar refractivity (Wildman–Crippen MR) is 87.6 cm³/mol. The smallest absolute Gasteiger partial charge is 0.141 e. The fourth-order valence-corrected chi connectivity index (χ4v) is 2.30. The maximum Gasteiger partial charge on any atom is 0.141 e. The number of nitrogens with one attached hydrogen (secondary N) is 1. The Labute approximate surface area is 137 Å². The molecule has 0 aromatic heterocycles. The van der Waals surface area contributed by atoms with Crippen molar-refractivity contribution in [2.75, 3.05) is 6.54 Å². The summed E-state index contributed by atoms with van der Waals surface area (Å²) in [6.07, 6.45) is 1.08. The van der Waals surface area contributed by atoms with Crippen LogP contribution in [-0.4, -0.2) is 6.54 Å². The fraction of sp³-hybridized carbons (Fsp3) is 0.250. The van der Waals surface area contributed by atoms with Crippen molar-refractivity contribution in [3.05, 3.63) is 57.3 Å². The van der Waals surface area contributed by atoms with Gasteiger partial charge in [-0.1, -0.05) is 24.6 Å². The standard InChI is InChI=1S/C16H16BrClFNO/c1-2-7-20-10-11-3-4-12(8-15(11)18)21-13-5-6-14(17)16(19)9-13/h3-6,8-9,20H,2,7,10H2,1H3. The van der Waals surface area contributed by atoms with Crippen LogP contribution in [0.1, 0.15) is 18.9 Å². The van der Waals surface area contributed by atoms with Gasteiger partial charge in [-0.05, 0) is 58.7 Å². The number of hydrogen-bond acceptors (Lipinski definition) is 2. The van der Waals surface area contributed by atoms with E-state index in [4.69, 9.17) is 16.3 Å². The minimum absolute atomic E-state index is 0.362. The number of rotatable bonds is 6. The second-order valence-corrected chi connectivity index (χ2v) is 5.87. The van der Waals surface area contributed by atoms with Crippen molar-refractivity contribution >= 4 is 27.5 Å². The molecule has 0 heterocycles. The van der Waals surface area contributed by atoms with E-state index in [9.17, 15) is 4.39 Å². The third kappa shape index (κ3) is 4.70. The van der Waals surface area contributed by atoms with Crippen molar-refractivity contribution in [1.29, 1.82) is 0 Å². The lowest BCUT2D eigenvalue weighted by Gasteiger charge is -2.10. The van der Waals surface area contributed by atoms with Crippen molar-refractivity contribution < 1.29 is 9.13 Å². The molecule has 0 aliphatic carbocycles. The SMILES string of the molecule is CCCNCc1ccc(Oc2ccc(Br)c(F)c2)cc1Cl. The van der Waals surface area contributed by atoms with Crippen LogP contribution < -0.4 is 10.1 Å². The predicted octanol–water partition coefficient (Wildman–Crippen LogP) is 5.53. The zero-order valence-electron chi connectivity index (χ0n) is 11.6. The molecule has 0 unspecified atom stereocenters. The maximum atomic E-state index is 13.4. The molecule has 5 heteroatoms. The van der Waals surface area contributed by atoms with Gasteiger partial charge in [0, 0.05) is 17.6 Å². The molecule has 112 valence electrons. The van der Waals surface area contributed by atoms with Gasteiger partial charge in [0.25, 0.3) is 0 Å². The topological polar surface area (TPSA) is 21.3 Å². The molecule has 2 rings (SSSR count). The van der Waals surface area contributed by atoms with Gasteiger partial charge >= 0.3 is 0 Å². The van der Waals surface area contributed by atoms with Gasteiger partial charge in [0.2, 0.25) is 0 Å². The first-order chi connectivity index (χ1) is 10.1. The first-order valence-electron chi connectivity index (χ1n) is 6.72. The summed E-state index contributed by atoms with van der Waals surface area (Å²) < 4.78 is 19.5. The van der Waals surface area contributed by atoms with Gasteiger partial charge in [-0.15, -0.1) is 0 Å². The Bertz CT molecular complexity index is 621. The molecule has 2 aromatic rings. The zero-order chi connectivity index (χ0) is 15.2. The quantitative estimate of drug-likeness (QED) is 0.673. The van der Waals surface area contributed by atoms with Gasteiger partial charge in [-0.2, -0.15) is 0 Å². The molecule has 0 atom stereocenters. The number of hydrogen-bond donors (Lipinski definition) is 1. The maximum absolute atomic E-state index is 13.4. The summed E-state index contributed by atoms with van der Waals surface area (Å²) >= 11 is 9.34. The van der Waals surface area contributed by atoms with Crippen LogP contribution in [0, 0.1) is 5.82 Å². The first kappa shape index (κ1) is 16.3. The molecule has 1 N–H and O–H groups in total. The Morgan fingerprint density at radius 2 is 1.90 bits per heavy atom. The second-order valence-electron chi connectivity index (χ2n) is 4.61. The van der Waals surface area contributed by atoms with Crippen LogP contribution in [0.2, 0.25) is 5.02 Å². The van der Waals surface area contributed by atoms with Crippen LogP contribution in [-0.2, 0) is 6.54 Å². The minimum atomic E-state index is -0.362. The summed E-state index contributed by atoms with van der Waals surface area (Å²) in [5.74, 6) is 0.656. The minimum Gasteiger partial charge on any atom is -0.457 e. The molecule has 0 aliphatic heterocycles. The molecule has 0 bridgehead atoms. The van der Waals surface area contributed by atoms with Crippen molar-refractivity contribution in [3.8, 4) is 11.5 Å². The summed E-state index contributed by atoms with van der Waals surface area (Å²) in [6.45, 7) is 3.79. The third-order valence-corrected chi connectivity index (χ3v) is 3.89. The molecule has 21 heavy (non-hydrogen) atoms. The fourth-order valence-electron chi connectivity index (χ4n) is 1.81. The van der Waals surface area contributed by atoms with Gasteiger partial charge in [-0.25, -0.2) is 4.39 Å². The van der Waals surface area contributed by atoms with Gasteiger partial charge in [0.1, 0.15) is 17.3 Å². The lowest BCUT2D eigenvalue weighted by atomic mass is 10.2. The highest BCUT2D eigenvalue weighted by Gasteiger charge is 2.06. The van der Waals surface area contributed by atoms with E-state index in [0.717, 1.165) is 25.1 Å². The van der Waals surface area contributed by atoms with E-state index < -0.39 is 0 Å². The highest BCUT2D eigenvalue weighted by Crippen LogP contribution is 2.28. The van der Waals surface area contributed by atoms with E-state index in [1.54, 1.807) is 18.2 Å². The van der Waals surface area contributed by atoms with Crippen LogP contribution >= 0.6 is 27.5 Å². The molecule has 0 fully saturated rings. The van der Waals surface area contributed by atoms with E-state index in [1.807, 2.05) is 12.1 Å². The lowest BCUT2D eigenvalue weighted by molar-refractivity contribution is 0.476. The average Bonchev–Trinajstić information content (AvgIpc) is 2.45. The molecular weight excluding hydrogens is 357 g/mol. The second kappa shape index (κ2) is 7.78. The van der Waals surface area contributed by atoms with E-state index in [2.05, 4.69) is 28.2 Å². The molecule has 0 amide bonds. The summed E-state index contributed by atoms with van der Waals surface area (Å²) in [7, 11) is 0. The molecule has 2 aromatic carbocycles. The van der Waals surface area contributed by atoms with Crippen LogP contribution in [0.3, 0.4) is 0 Å². The molecule has 0 spiro atoms. The monoisotopic (exact) mass is 371 g/mol. The van der Waals surface area contributed by atoms with E-state index in [-0.39, 0.29) is 5.82 Å². The largest absolute Gasteiger partial charge is 0.457 e. The first-order valence-corrected chi connectivity index (χ1v) is 7.89. The molecule has 2 nitrogen and oxygen atoms in total. The average molecular weight is 373 g/mol. The third-order valence-electron chi connectivity index (χ3n) is 2.89. The Hall–Kier alpha value is -1.10. The van der Waals surface area contributed by atoms with Gasteiger partial charge < -0.3 is 10.1 Å². The molecule has 0 radical (unpaired) electrons. The number of benzene rings is 2. The highest BCUT2D eigenvalue weighted by atomic mass is 79.9. The highest BCUT2D eigenvalue weighted by molar-refractivity contribution is 9.10. The van der Waals surface area contributed by atoms with Crippen LogP contribution in [0.15, 0.2) is 40.9 Å². The van der Waals surface area contributed by atoms with Crippen molar-refractivity contribution in [2.24, 2.45) is 0 Å². The van der Waals surface area contributed by atoms with Gasteiger partial charge in [-0.3, -0.25) is 0 Å². The number of halogens is 3. The molecular formula is C16H16BrClFNO. The zero-order valence-corrected chi connectivity index (χ0v) is 14.0. The Balaban J connectivity index is 2.07. The Morgan fingerprint density at radius 3 is 2.57 bits per heavy atom. The Morgan fingerprint density at radius 1 is 1.19 bits per heavy atom. The van der Waals surface area contributed by atoms with Gasteiger partial charge in [0.15, 0.2) is 0 Å². The lowest BCUT2D eigenvalue weighted by Crippen LogP contribution is -2.13. The van der Waals surface area contributed by atoms with Crippen LogP contribution in [0.25, 0.3) is 0 Å². The molecule has 0 saturated carbocycles. The number of ether oxygens (including phenoxy) is 1. The van der Waals surface area contributed by atoms with E-state index >= 15 is 0 Å². The summed E-state index contributed by atoms with van der Waals surface area (Å²) in [4.78, 5) is 0. The molecule has 0 aliphatic rings. The van der Waals surface area contributed by atoms with E-state index in [1.165, 1.54) is 6.07 Å². The van der Waals surface area contributed by atoms with Crippen LogP contribution in [0.4, 0.5) is 4.39 Å². The summed E-state index contributed by atoms with van der Waals surface area (Å²) in [5.41, 5.74) is 1.01. The van der Waals surface area contributed by atoms with E-state index in [0.29, 0.717) is 21.0 Å². The normalized spacial score (nSPS) is 10.7. The molecule has 0 saturated heterocycles. The van der Waals surface area contributed by atoms with Crippen molar-refractivity contribution in [3.63, 3.8) is 0 Å². The van der Waals surface area contributed by atoms with Crippen molar-refractivity contribution in [1.82, 2.24) is 5.32 Å². The van der Waals surface area contributed by atoms with Crippen LogP contribution in [0.5, 0.6) is 11.5 Å². The Kier molecular flexibility index (Phi) is 6.03. The van der Waals surface area contributed by atoms with Crippen molar-refractivity contribution in [2.45, 2.75) is 19.9 Å². The summed E-state index contributed by atoms with van der Waals surface area (Å²) in [5, 5.41) is 3.93. The summed E-state index contributed by atoms with van der Waals surface area (Å²) in [6, 6.07) is 10.1. The van der Waals surface area contributed by atoms with Gasteiger partial charge in [0.05, 0.1) is 4.47 Å².